The van der Waals surface area contributed by atoms with E-state index in [9.17, 15) is 4.79 Å². The van der Waals surface area contributed by atoms with Gasteiger partial charge in [0.25, 0.3) is 0 Å². The fourth-order valence-corrected chi connectivity index (χ4v) is 3.38. The minimum absolute atomic E-state index is 0. The molecule has 2 N–H and O–H groups in total. The molecule has 0 spiro atoms. The third kappa shape index (κ3) is 5.56. The molecular formula is C21H28ClN3O. The molecule has 0 aliphatic carbocycles. The van der Waals surface area contributed by atoms with Gasteiger partial charge in [-0.15, -0.1) is 12.4 Å². The Kier molecular flexibility index (Phi) is 8.10. The number of fused-ring (bicyclic) bond motifs is 1. The second-order valence-electron chi connectivity index (χ2n) is 6.63. The van der Waals surface area contributed by atoms with E-state index in [1.165, 1.54) is 16.7 Å². The Morgan fingerprint density at radius 3 is 2.42 bits per heavy atom. The number of hydrogen-bond donors (Lipinski definition) is 1. The molecule has 4 nitrogen and oxygen atoms in total. The maximum atomic E-state index is 12.7. The first-order valence-electron chi connectivity index (χ1n) is 9.07. The molecule has 2 aromatic carbocycles. The van der Waals surface area contributed by atoms with Crippen molar-refractivity contribution in [2.45, 2.75) is 19.4 Å². The lowest BCUT2D eigenvalue weighted by Crippen LogP contribution is -2.44. The summed E-state index contributed by atoms with van der Waals surface area (Å²) in [6, 6.07) is 18.8. The quantitative estimate of drug-likeness (QED) is 0.811. The van der Waals surface area contributed by atoms with Crippen LogP contribution in [0.15, 0.2) is 54.6 Å². The summed E-state index contributed by atoms with van der Waals surface area (Å²) in [6.45, 7) is 4.17. The van der Waals surface area contributed by atoms with E-state index in [-0.39, 0.29) is 18.3 Å². The molecule has 0 bridgehead atoms. The predicted octanol–water partition coefficient (Wildman–Crippen LogP) is 2.50. The van der Waals surface area contributed by atoms with Crippen molar-refractivity contribution in [1.82, 2.24) is 9.80 Å². The van der Waals surface area contributed by atoms with E-state index in [0.717, 1.165) is 39.0 Å². The first-order valence-corrected chi connectivity index (χ1v) is 9.07. The van der Waals surface area contributed by atoms with Gasteiger partial charge in [0.05, 0.1) is 6.54 Å². The van der Waals surface area contributed by atoms with Crippen molar-refractivity contribution in [3.8, 4) is 0 Å². The predicted molar refractivity (Wildman–Crippen MR) is 108 cm³/mol. The Balaban J connectivity index is 0.00000243. The Bertz CT molecular complexity index is 693. The van der Waals surface area contributed by atoms with Crippen LogP contribution in [0, 0.1) is 0 Å². The average Bonchev–Trinajstić information content (AvgIpc) is 2.66. The van der Waals surface area contributed by atoms with Gasteiger partial charge < -0.3 is 10.6 Å². The SMILES string of the molecule is Cl.NCCN(CCc1ccccc1)CC(=O)N1CCc2ccccc2C1. The van der Waals surface area contributed by atoms with Gasteiger partial charge in [0.1, 0.15) is 0 Å². The molecule has 1 aliphatic heterocycles. The zero-order chi connectivity index (χ0) is 17.5. The number of carbonyl (C=O) groups excluding carboxylic acids is 1. The van der Waals surface area contributed by atoms with Gasteiger partial charge in [0.2, 0.25) is 5.91 Å². The highest BCUT2D eigenvalue weighted by molar-refractivity contribution is 5.85. The molecule has 2 aromatic rings. The fraction of sp³-hybridized carbons (Fsp3) is 0.381. The smallest absolute Gasteiger partial charge is 0.237 e. The minimum atomic E-state index is 0. The summed E-state index contributed by atoms with van der Waals surface area (Å²) in [7, 11) is 0. The number of rotatable bonds is 7. The number of amides is 1. The van der Waals surface area contributed by atoms with Crippen molar-refractivity contribution >= 4 is 18.3 Å². The second-order valence-corrected chi connectivity index (χ2v) is 6.63. The Hall–Kier alpha value is -1.88. The number of benzene rings is 2. The number of nitrogens with two attached hydrogens (primary N) is 1. The van der Waals surface area contributed by atoms with Crippen LogP contribution in [0.3, 0.4) is 0 Å². The molecule has 3 rings (SSSR count). The highest BCUT2D eigenvalue weighted by Crippen LogP contribution is 2.18. The van der Waals surface area contributed by atoms with Crippen molar-refractivity contribution < 1.29 is 4.79 Å². The van der Waals surface area contributed by atoms with Crippen molar-refractivity contribution in [2.24, 2.45) is 5.73 Å². The molecule has 0 aromatic heterocycles. The topological polar surface area (TPSA) is 49.6 Å². The molecular weight excluding hydrogens is 346 g/mol. The summed E-state index contributed by atoms with van der Waals surface area (Å²) >= 11 is 0. The molecule has 0 saturated heterocycles. The zero-order valence-electron chi connectivity index (χ0n) is 15.1. The van der Waals surface area contributed by atoms with Crippen LogP contribution in [0.25, 0.3) is 0 Å². The van der Waals surface area contributed by atoms with Crippen LogP contribution in [0.1, 0.15) is 16.7 Å². The summed E-state index contributed by atoms with van der Waals surface area (Å²) in [5.74, 6) is 0.205. The molecule has 140 valence electrons. The van der Waals surface area contributed by atoms with E-state index in [1.807, 2.05) is 17.0 Å². The monoisotopic (exact) mass is 373 g/mol. The zero-order valence-corrected chi connectivity index (χ0v) is 16.0. The van der Waals surface area contributed by atoms with E-state index in [2.05, 4.69) is 47.4 Å². The maximum absolute atomic E-state index is 12.7. The molecule has 0 saturated carbocycles. The lowest BCUT2D eigenvalue weighted by atomic mass is 10.00. The van der Waals surface area contributed by atoms with Gasteiger partial charge >= 0.3 is 0 Å². The van der Waals surface area contributed by atoms with E-state index in [4.69, 9.17) is 5.73 Å². The summed E-state index contributed by atoms with van der Waals surface area (Å²) in [5.41, 5.74) is 9.69. The normalized spacial score (nSPS) is 13.2. The summed E-state index contributed by atoms with van der Waals surface area (Å²) in [5, 5.41) is 0. The number of halogens is 1. The van der Waals surface area contributed by atoms with E-state index < -0.39 is 0 Å². The van der Waals surface area contributed by atoms with Crippen LogP contribution in [0.4, 0.5) is 0 Å². The lowest BCUT2D eigenvalue weighted by molar-refractivity contribution is -0.133. The fourth-order valence-electron chi connectivity index (χ4n) is 3.38. The molecule has 1 heterocycles. The number of carbonyl (C=O) groups is 1. The molecule has 0 atom stereocenters. The van der Waals surface area contributed by atoms with Gasteiger partial charge in [-0.3, -0.25) is 9.69 Å². The summed E-state index contributed by atoms with van der Waals surface area (Å²) in [6.07, 6.45) is 1.89. The van der Waals surface area contributed by atoms with Crippen LogP contribution in [0.5, 0.6) is 0 Å². The average molecular weight is 374 g/mol. The van der Waals surface area contributed by atoms with Gasteiger partial charge in [-0.25, -0.2) is 0 Å². The Morgan fingerprint density at radius 1 is 1.00 bits per heavy atom. The van der Waals surface area contributed by atoms with Gasteiger partial charge in [-0.1, -0.05) is 54.6 Å². The molecule has 0 fully saturated rings. The largest absolute Gasteiger partial charge is 0.337 e. The second kappa shape index (κ2) is 10.3. The molecule has 26 heavy (non-hydrogen) atoms. The standard InChI is InChI=1S/C21H27N3O.ClH/c22-12-15-23(13-10-18-6-2-1-3-7-18)17-21(25)24-14-11-19-8-4-5-9-20(19)16-24;/h1-9H,10-17,22H2;1H. The van der Waals surface area contributed by atoms with Crippen molar-refractivity contribution in [3.63, 3.8) is 0 Å². The van der Waals surface area contributed by atoms with Crippen LogP contribution < -0.4 is 5.73 Å². The Morgan fingerprint density at radius 2 is 1.69 bits per heavy atom. The van der Waals surface area contributed by atoms with Crippen LogP contribution in [-0.4, -0.2) is 48.4 Å². The molecule has 0 unspecified atom stereocenters. The lowest BCUT2D eigenvalue weighted by Gasteiger charge is -2.31. The summed E-state index contributed by atoms with van der Waals surface area (Å²) < 4.78 is 0. The van der Waals surface area contributed by atoms with Crippen molar-refractivity contribution in [2.75, 3.05) is 32.7 Å². The summed E-state index contributed by atoms with van der Waals surface area (Å²) in [4.78, 5) is 16.9. The van der Waals surface area contributed by atoms with Crippen LogP contribution >= 0.6 is 12.4 Å². The first kappa shape index (κ1) is 20.4. The third-order valence-corrected chi connectivity index (χ3v) is 4.85. The van der Waals surface area contributed by atoms with Gasteiger partial charge in [-0.2, -0.15) is 0 Å². The van der Waals surface area contributed by atoms with Gasteiger partial charge in [0, 0.05) is 32.7 Å². The number of nitrogens with zero attached hydrogens (tertiary/aromatic N) is 2. The highest BCUT2D eigenvalue weighted by Gasteiger charge is 2.21. The molecule has 1 aliphatic rings. The molecule has 0 radical (unpaired) electrons. The Labute approximate surface area is 162 Å². The van der Waals surface area contributed by atoms with Crippen molar-refractivity contribution in [3.05, 3.63) is 71.3 Å². The highest BCUT2D eigenvalue weighted by atomic mass is 35.5. The third-order valence-electron chi connectivity index (χ3n) is 4.85. The molecule has 5 heteroatoms. The number of hydrogen-bond acceptors (Lipinski definition) is 3. The first-order chi connectivity index (χ1) is 12.3. The van der Waals surface area contributed by atoms with E-state index in [0.29, 0.717) is 13.1 Å². The van der Waals surface area contributed by atoms with E-state index in [1.54, 1.807) is 0 Å². The van der Waals surface area contributed by atoms with Gasteiger partial charge in [-0.05, 0) is 29.5 Å². The van der Waals surface area contributed by atoms with Crippen LogP contribution in [-0.2, 0) is 24.2 Å². The maximum Gasteiger partial charge on any atom is 0.237 e. The van der Waals surface area contributed by atoms with Crippen LogP contribution in [0.2, 0.25) is 0 Å². The van der Waals surface area contributed by atoms with Crippen molar-refractivity contribution in [1.29, 1.82) is 0 Å². The van der Waals surface area contributed by atoms with Gasteiger partial charge in [0.15, 0.2) is 0 Å². The molecule has 1 amide bonds. The minimum Gasteiger partial charge on any atom is -0.337 e. The van der Waals surface area contributed by atoms with E-state index >= 15 is 0 Å².